The topological polar surface area (TPSA) is 17.1 Å². The van der Waals surface area contributed by atoms with Crippen molar-refractivity contribution >= 4 is 16.6 Å². The minimum atomic E-state index is 0.388. The third-order valence-corrected chi connectivity index (χ3v) is 5.83. The van der Waals surface area contributed by atoms with Gasteiger partial charge in [-0.05, 0) is 22.8 Å². The molecule has 0 spiro atoms. The molecule has 2 aromatic rings. The molecule has 0 aromatic heterocycles. The van der Waals surface area contributed by atoms with E-state index in [9.17, 15) is 4.79 Å². The third kappa shape index (κ3) is 9.04. The van der Waals surface area contributed by atoms with E-state index in [0.717, 1.165) is 12.8 Å². The quantitative estimate of drug-likeness (QED) is 0.267. The molecule has 0 saturated carbocycles. The van der Waals surface area contributed by atoms with Gasteiger partial charge in [0, 0.05) is 12.8 Å². The maximum atomic E-state index is 12.4. The largest absolute Gasteiger partial charge is 0.299 e. The number of Topliss-reactive ketones (excluding diaryl/α,β-unsaturated/α-hetero) is 1. The fraction of sp³-hybridized carbons (Fsp3) is 0.593. The Balaban J connectivity index is 1.47. The highest BCUT2D eigenvalue weighted by molar-refractivity contribution is 5.90. The van der Waals surface area contributed by atoms with Crippen molar-refractivity contribution < 1.29 is 4.79 Å². The van der Waals surface area contributed by atoms with E-state index in [1.165, 1.54) is 93.4 Å². The Bertz CT molecular complexity index is 668. The summed E-state index contributed by atoms with van der Waals surface area (Å²) in [5.74, 6) is 0.388. The van der Waals surface area contributed by atoms with Crippen LogP contribution in [0.5, 0.6) is 0 Å². The molecule has 0 heterocycles. The molecule has 0 N–H and O–H groups in total. The number of carbonyl (C=O) groups excluding carboxylic acids is 1. The lowest BCUT2D eigenvalue weighted by molar-refractivity contribution is -0.118. The number of fused-ring (bicyclic) bond motifs is 1. The number of rotatable bonds is 16. The SMILES string of the molecule is CCCCCCCCCCCCCCCC(=O)Cc1cccc2ccccc12. The molecule has 0 radical (unpaired) electrons. The Morgan fingerprint density at radius 2 is 1.18 bits per heavy atom. The second-order valence-electron chi connectivity index (χ2n) is 8.35. The highest BCUT2D eigenvalue weighted by atomic mass is 16.1. The monoisotopic (exact) mass is 380 g/mol. The number of hydrogen-bond acceptors (Lipinski definition) is 1. The van der Waals surface area contributed by atoms with Gasteiger partial charge in [-0.15, -0.1) is 0 Å². The first-order valence-electron chi connectivity index (χ1n) is 11.8. The van der Waals surface area contributed by atoms with E-state index in [1.54, 1.807) is 0 Å². The Morgan fingerprint density at radius 1 is 0.643 bits per heavy atom. The van der Waals surface area contributed by atoms with Crippen molar-refractivity contribution in [1.29, 1.82) is 0 Å². The third-order valence-electron chi connectivity index (χ3n) is 5.83. The molecule has 0 saturated heterocycles. The summed E-state index contributed by atoms with van der Waals surface area (Å²) < 4.78 is 0. The van der Waals surface area contributed by atoms with Crippen LogP contribution in [0.25, 0.3) is 10.8 Å². The molecule has 0 atom stereocenters. The van der Waals surface area contributed by atoms with Gasteiger partial charge >= 0.3 is 0 Å². The van der Waals surface area contributed by atoms with Crippen LogP contribution in [0.4, 0.5) is 0 Å². The molecule has 0 aliphatic rings. The molecule has 154 valence electrons. The van der Waals surface area contributed by atoms with E-state index >= 15 is 0 Å². The molecule has 28 heavy (non-hydrogen) atoms. The molecule has 0 amide bonds. The molecule has 0 unspecified atom stereocenters. The van der Waals surface area contributed by atoms with E-state index in [1.807, 2.05) is 0 Å². The zero-order valence-corrected chi connectivity index (χ0v) is 18.1. The Labute approximate surface area is 172 Å². The van der Waals surface area contributed by atoms with Crippen LogP contribution in [-0.4, -0.2) is 5.78 Å². The lowest BCUT2D eigenvalue weighted by Crippen LogP contribution is -2.03. The van der Waals surface area contributed by atoms with Crippen LogP contribution >= 0.6 is 0 Å². The highest BCUT2D eigenvalue weighted by Gasteiger charge is 2.07. The van der Waals surface area contributed by atoms with Crippen LogP contribution in [0.3, 0.4) is 0 Å². The predicted octanol–water partition coefficient (Wildman–Crippen LogP) is 8.43. The summed E-state index contributed by atoms with van der Waals surface area (Å²) in [6.45, 7) is 2.28. The fourth-order valence-electron chi connectivity index (χ4n) is 4.09. The van der Waals surface area contributed by atoms with Crippen LogP contribution in [0, 0.1) is 0 Å². The average Bonchev–Trinajstić information content (AvgIpc) is 2.72. The van der Waals surface area contributed by atoms with Crippen LogP contribution in [0.1, 0.15) is 102 Å². The summed E-state index contributed by atoms with van der Waals surface area (Å²) in [5, 5.41) is 2.46. The average molecular weight is 381 g/mol. The number of carbonyl (C=O) groups is 1. The van der Waals surface area contributed by atoms with Gasteiger partial charge in [0.15, 0.2) is 0 Å². The van der Waals surface area contributed by atoms with Crippen molar-refractivity contribution in [2.24, 2.45) is 0 Å². The molecule has 1 heteroatoms. The van der Waals surface area contributed by atoms with Crippen LogP contribution in [0.2, 0.25) is 0 Å². The van der Waals surface area contributed by atoms with Gasteiger partial charge in [0.25, 0.3) is 0 Å². The van der Waals surface area contributed by atoms with Gasteiger partial charge in [-0.25, -0.2) is 0 Å². The summed E-state index contributed by atoms with van der Waals surface area (Å²) >= 11 is 0. The molecule has 1 nitrogen and oxygen atoms in total. The van der Waals surface area contributed by atoms with Crippen molar-refractivity contribution in [1.82, 2.24) is 0 Å². The first-order chi connectivity index (χ1) is 13.8. The zero-order chi connectivity index (χ0) is 19.9. The lowest BCUT2D eigenvalue weighted by atomic mass is 9.98. The van der Waals surface area contributed by atoms with Gasteiger partial charge in [-0.3, -0.25) is 4.79 Å². The molecular formula is C27H40O. The number of hydrogen-bond donors (Lipinski definition) is 0. The van der Waals surface area contributed by atoms with E-state index in [0.29, 0.717) is 12.2 Å². The van der Waals surface area contributed by atoms with E-state index in [4.69, 9.17) is 0 Å². The fourth-order valence-corrected chi connectivity index (χ4v) is 4.09. The van der Waals surface area contributed by atoms with E-state index in [2.05, 4.69) is 49.4 Å². The van der Waals surface area contributed by atoms with Crippen molar-refractivity contribution in [2.75, 3.05) is 0 Å². The molecule has 0 aliphatic heterocycles. The first-order valence-corrected chi connectivity index (χ1v) is 11.8. The standard InChI is InChI=1S/C27H40O/c1-2-3-4-5-6-7-8-9-10-11-12-13-14-21-26(28)23-25-20-17-19-24-18-15-16-22-27(24)25/h15-20,22H,2-14,21,23H2,1H3. The maximum absolute atomic E-state index is 12.4. The second kappa shape index (κ2) is 14.4. The van der Waals surface area contributed by atoms with Gasteiger partial charge in [0.05, 0.1) is 0 Å². The highest BCUT2D eigenvalue weighted by Crippen LogP contribution is 2.20. The summed E-state index contributed by atoms with van der Waals surface area (Å²) in [6, 6.07) is 14.7. The molecule has 2 aromatic carbocycles. The lowest BCUT2D eigenvalue weighted by Gasteiger charge is -2.06. The van der Waals surface area contributed by atoms with Gasteiger partial charge in [-0.1, -0.05) is 126 Å². The van der Waals surface area contributed by atoms with Crippen molar-refractivity contribution in [3.8, 4) is 0 Å². The smallest absolute Gasteiger partial charge is 0.137 e. The summed E-state index contributed by atoms with van der Waals surface area (Å²) in [7, 11) is 0. The van der Waals surface area contributed by atoms with Crippen LogP contribution in [-0.2, 0) is 11.2 Å². The van der Waals surface area contributed by atoms with Gasteiger partial charge < -0.3 is 0 Å². The zero-order valence-electron chi connectivity index (χ0n) is 18.1. The Kier molecular flexibility index (Phi) is 11.6. The maximum Gasteiger partial charge on any atom is 0.137 e. The van der Waals surface area contributed by atoms with Crippen molar-refractivity contribution in [3.63, 3.8) is 0 Å². The summed E-state index contributed by atoms with van der Waals surface area (Å²) in [5.41, 5.74) is 1.18. The number of unbranched alkanes of at least 4 members (excludes halogenated alkanes) is 12. The van der Waals surface area contributed by atoms with Crippen LogP contribution in [0.15, 0.2) is 42.5 Å². The molecule has 0 aliphatic carbocycles. The Morgan fingerprint density at radius 3 is 1.82 bits per heavy atom. The van der Waals surface area contributed by atoms with Gasteiger partial charge in [0.1, 0.15) is 5.78 Å². The minimum Gasteiger partial charge on any atom is -0.299 e. The van der Waals surface area contributed by atoms with Crippen LogP contribution < -0.4 is 0 Å². The molecule has 2 rings (SSSR count). The first kappa shape index (κ1) is 22.7. The minimum absolute atomic E-state index is 0.388. The predicted molar refractivity (Wildman–Crippen MR) is 123 cm³/mol. The molecule has 0 fully saturated rings. The van der Waals surface area contributed by atoms with E-state index < -0.39 is 0 Å². The Hall–Kier alpha value is -1.63. The van der Waals surface area contributed by atoms with E-state index in [-0.39, 0.29) is 0 Å². The van der Waals surface area contributed by atoms with Gasteiger partial charge in [-0.2, -0.15) is 0 Å². The summed E-state index contributed by atoms with van der Waals surface area (Å²) in [4.78, 5) is 12.4. The van der Waals surface area contributed by atoms with Gasteiger partial charge in [0.2, 0.25) is 0 Å². The normalized spacial score (nSPS) is 11.2. The number of ketones is 1. The number of benzene rings is 2. The second-order valence-corrected chi connectivity index (χ2v) is 8.35. The van der Waals surface area contributed by atoms with Crippen molar-refractivity contribution in [2.45, 2.75) is 103 Å². The molecule has 0 bridgehead atoms. The molecular weight excluding hydrogens is 340 g/mol. The summed E-state index contributed by atoms with van der Waals surface area (Å²) in [6.07, 6.45) is 18.9. The van der Waals surface area contributed by atoms with Crippen molar-refractivity contribution in [3.05, 3.63) is 48.0 Å².